The Morgan fingerprint density at radius 3 is 2.84 bits per heavy atom. The van der Waals surface area contributed by atoms with Crippen LogP contribution >= 0.6 is 0 Å². The molecule has 1 saturated heterocycles. The topological polar surface area (TPSA) is 164 Å². The van der Waals surface area contributed by atoms with E-state index >= 15 is 0 Å². The highest BCUT2D eigenvalue weighted by molar-refractivity contribution is 5.93. The lowest BCUT2D eigenvalue weighted by Gasteiger charge is -2.28. The second-order valence-corrected chi connectivity index (χ2v) is 10.0. The lowest BCUT2D eigenvalue weighted by molar-refractivity contribution is 0.0953. The first-order valence-electron chi connectivity index (χ1n) is 13.8. The Labute approximate surface area is 247 Å². The number of hydrogen-bond donors (Lipinski definition) is 3. The molecule has 216 valence electrons. The molecule has 0 saturated carbocycles. The molecule has 4 N–H and O–H groups in total. The number of para-hydroxylation sites is 1. The van der Waals surface area contributed by atoms with E-state index in [4.69, 9.17) is 5.73 Å². The molecule has 4 aromatic heterocycles. The molecule has 0 unspecified atom stereocenters. The molecule has 0 radical (unpaired) electrons. The molecule has 1 aliphatic heterocycles. The van der Waals surface area contributed by atoms with Gasteiger partial charge in [0.2, 0.25) is 5.82 Å². The highest BCUT2D eigenvalue weighted by Gasteiger charge is 2.24. The van der Waals surface area contributed by atoms with E-state index in [1.807, 2.05) is 18.2 Å². The number of rotatable bonds is 5. The van der Waals surface area contributed by atoms with E-state index in [1.54, 1.807) is 53.4 Å². The number of nitrogens with two attached hydrogens (primary N) is 1. The third-order valence-corrected chi connectivity index (χ3v) is 7.22. The standard InChI is InChI=1S/C30H29N11O2/c1-20-10-15-39(24-18-22(36-37-29(24)31)21-6-2-3-7-25(21)42)16-17-40(20)27-9-13-32-26(35-27)8-4-11-34-30(43)23-19-28-33-12-5-14-41(28)38-23/h2-3,5-7,9,12-14,18-20,42H,10-11,15-17H2,1H3,(H2,31,37)(H,34,43)/t20-/m1/s1. The summed E-state index contributed by atoms with van der Waals surface area (Å²) in [5.41, 5.74) is 9.04. The van der Waals surface area contributed by atoms with Crippen molar-refractivity contribution in [3.05, 3.63) is 78.6 Å². The molecule has 5 heterocycles. The van der Waals surface area contributed by atoms with Crippen molar-refractivity contribution >= 4 is 28.9 Å². The molecule has 5 aromatic rings. The number of nitrogen functional groups attached to an aromatic ring is 1. The molecule has 1 aliphatic rings. The summed E-state index contributed by atoms with van der Waals surface area (Å²) >= 11 is 0. The van der Waals surface area contributed by atoms with Gasteiger partial charge in [-0.1, -0.05) is 18.1 Å². The Bertz CT molecular complexity index is 1810. The van der Waals surface area contributed by atoms with Crippen LogP contribution < -0.4 is 20.9 Å². The second kappa shape index (κ2) is 12.0. The molecule has 0 aliphatic carbocycles. The van der Waals surface area contributed by atoms with Crippen molar-refractivity contribution in [2.24, 2.45) is 0 Å². The fourth-order valence-electron chi connectivity index (χ4n) is 4.96. The summed E-state index contributed by atoms with van der Waals surface area (Å²) in [7, 11) is 0. The first-order chi connectivity index (χ1) is 21.0. The molecule has 1 aromatic carbocycles. The predicted molar refractivity (Wildman–Crippen MR) is 161 cm³/mol. The van der Waals surface area contributed by atoms with Crippen LogP contribution in [0.2, 0.25) is 0 Å². The molecule has 0 bridgehead atoms. The van der Waals surface area contributed by atoms with Gasteiger partial charge in [-0.05, 0) is 49.6 Å². The number of hydrogen-bond acceptors (Lipinski definition) is 11. The molecule has 13 nitrogen and oxygen atoms in total. The van der Waals surface area contributed by atoms with Gasteiger partial charge in [-0.3, -0.25) is 4.79 Å². The number of phenolic OH excluding ortho intramolecular Hbond substituents is 1. The van der Waals surface area contributed by atoms with Crippen molar-refractivity contribution in [2.75, 3.05) is 41.7 Å². The van der Waals surface area contributed by atoms with Crippen molar-refractivity contribution in [1.29, 1.82) is 0 Å². The van der Waals surface area contributed by atoms with Gasteiger partial charge in [0, 0.05) is 55.9 Å². The van der Waals surface area contributed by atoms with Crippen molar-refractivity contribution in [2.45, 2.75) is 19.4 Å². The summed E-state index contributed by atoms with van der Waals surface area (Å²) < 4.78 is 1.54. The SMILES string of the molecule is C[C@@H]1CCN(c2cc(-c3ccccc3O)nnc2N)CCN1c1ccnc(C#CCNC(=O)c2cc3ncccn3n2)n1. The van der Waals surface area contributed by atoms with Gasteiger partial charge in [0.15, 0.2) is 17.2 Å². The number of carbonyl (C=O) groups is 1. The van der Waals surface area contributed by atoms with Crippen molar-refractivity contribution in [1.82, 2.24) is 40.1 Å². The van der Waals surface area contributed by atoms with E-state index in [1.165, 1.54) is 0 Å². The highest BCUT2D eigenvalue weighted by atomic mass is 16.3. The van der Waals surface area contributed by atoms with Gasteiger partial charge in [0.25, 0.3) is 5.91 Å². The van der Waals surface area contributed by atoms with Crippen LogP contribution in [-0.4, -0.2) is 78.0 Å². The summed E-state index contributed by atoms with van der Waals surface area (Å²) in [6.07, 6.45) is 5.91. The van der Waals surface area contributed by atoms with Crippen molar-refractivity contribution in [3.8, 4) is 28.8 Å². The van der Waals surface area contributed by atoms with E-state index in [-0.39, 0.29) is 29.9 Å². The van der Waals surface area contributed by atoms with Gasteiger partial charge in [0.1, 0.15) is 11.6 Å². The number of amides is 1. The quantitative estimate of drug-likeness (QED) is 0.263. The minimum Gasteiger partial charge on any atom is -0.507 e. The lowest BCUT2D eigenvalue weighted by atomic mass is 10.1. The third-order valence-electron chi connectivity index (χ3n) is 7.22. The van der Waals surface area contributed by atoms with Gasteiger partial charge in [-0.25, -0.2) is 19.5 Å². The number of aromatic hydroxyl groups is 1. The molecule has 0 spiro atoms. The largest absolute Gasteiger partial charge is 0.507 e. The molecule has 6 rings (SSSR count). The first kappa shape index (κ1) is 27.4. The normalized spacial score (nSPS) is 15.0. The molecular formula is C30H29N11O2. The zero-order valence-electron chi connectivity index (χ0n) is 23.4. The molecule has 1 amide bonds. The first-order valence-corrected chi connectivity index (χ1v) is 13.8. The number of anilines is 3. The Morgan fingerprint density at radius 1 is 1.09 bits per heavy atom. The third kappa shape index (κ3) is 5.98. The summed E-state index contributed by atoms with van der Waals surface area (Å²) in [4.78, 5) is 30.0. The van der Waals surface area contributed by atoms with Gasteiger partial charge >= 0.3 is 0 Å². The Balaban J connectivity index is 1.11. The number of fused-ring (bicyclic) bond motifs is 1. The van der Waals surface area contributed by atoms with Crippen LogP contribution in [0.4, 0.5) is 17.3 Å². The predicted octanol–water partition coefficient (Wildman–Crippen LogP) is 2.15. The Hall–Kier alpha value is -5.77. The zero-order chi connectivity index (χ0) is 29.8. The number of aromatic nitrogens is 7. The molecule has 13 heteroatoms. The highest BCUT2D eigenvalue weighted by Crippen LogP contribution is 2.32. The minimum absolute atomic E-state index is 0.118. The molecule has 1 fully saturated rings. The van der Waals surface area contributed by atoms with Crippen LogP contribution in [0.25, 0.3) is 16.9 Å². The number of phenols is 1. The van der Waals surface area contributed by atoms with Crippen LogP contribution in [0.5, 0.6) is 5.75 Å². The summed E-state index contributed by atoms with van der Waals surface area (Å²) in [6, 6.07) is 14.3. The van der Waals surface area contributed by atoms with Crippen LogP contribution in [0, 0.1) is 11.8 Å². The number of carbonyl (C=O) groups excluding carboxylic acids is 1. The van der Waals surface area contributed by atoms with Gasteiger partial charge in [0.05, 0.1) is 17.9 Å². The summed E-state index contributed by atoms with van der Waals surface area (Å²) in [5, 5.41) is 25.6. The minimum atomic E-state index is -0.338. The van der Waals surface area contributed by atoms with E-state index in [9.17, 15) is 9.90 Å². The average Bonchev–Trinajstić information content (AvgIpc) is 3.37. The van der Waals surface area contributed by atoms with E-state index in [2.05, 4.69) is 64.1 Å². The van der Waals surface area contributed by atoms with Gasteiger partial charge in [-0.2, -0.15) is 5.10 Å². The fourth-order valence-corrected chi connectivity index (χ4v) is 4.96. The van der Waals surface area contributed by atoms with Crippen LogP contribution in [0.15, 0.2) is 67.1 Å². The van der Waals surface area contributed by atoms with E-state index in [0.717, 1.165) is 24.5 Å². The maximum atomic E-state index is 12.5. The maximum Gasteiger partial charge on any atom is 0.272 e. The molecule has 43 heavy (non-hydrogen) atoms. The smallest absolute Gasteiger partial charge is 0.272 e. The Morgan fingerprint density at radius 2 is 1.98 bits per heavy atom. The summed E-state index contributed by atoms with van der Waals surface area (Å²) in [5.74, 6) is 7.13. The lowest BCUT2D eigenvalue weighted by Crippen LogP contribution is -2.35. The van der Waals surface area contributed by atoms with Gasteiger partial charge in [-0.15, -0.1) is 10.2 Å². The van der Waals surface area contributed by atoms with E-state index < -0.39 is 0 Å². The number of nitrogens with one attached hydrogen (secondary N) is 1. The maximum absolute atomic E-state index is 12.5. The van der Waals surface area contributed by atoms with Gasteiger partial charge < -0.3 is 26.0 Å². The summed E-state index contributed by atoms with van der Waals surface area (Å²) in [6.45, 7) is 4.39. The molecule has 1 atom stereocenters. The molecular weight excluding hydrogens is 546 g/mol. The number of benzene rings is 1. The van der Waals surface area contributed by atoms with Crippen LogP contribution in [-0.2, 0) is 0 Å². The Kier molecular flexibility index (Phi) is 7.64. The zero-order valence-corrected chi connectivity index (χ0v) is 23.4. The average molecular weight is 576 g/mol. The monoisotopic (exact) mass is 575 g/mol. The van der Waals surface area contributed by atoms with Crippen molar-refractivity contribution < 1.29 is 9.90 Å². The van der Waals surface area contributed by atoms with Crippen molar-refractivity contribution in [3.63, 3.8) is 0 Å². The van der Waals surface area contributed by atoms with E-state index in [0.29, 0.717) is 41.6 Å². The van der Waals surface area contributed by atoms with Crippen LogP contribution in [0.1, 0.15) is 29.7 Å². The fraction of sp³-hybridized carbons (Fsp3) is 0.233. The number of nitrogens with zero attached hydrogens (tertiary/aromatic N) is 9. The van der Waals surface area contributed by atoms with Crippen LogP contribution in [0.3, 0.4) is 0 Å². The second-order valence-electron chi connectivity index (χ2n) is 10.0.